The Morgan fingerprint density at radius 2 is 1.95 bits per heavy atom. The third-order valence-electron chi connectivity index (χ3n) is 4.11. The Morgan fingerprint density at radius 3 is 2.55 bits per heavy atom. The van der Waals surface area contributed by atoms with Gasteiger partial charge < -0.3 is 0 Å². The molecule has 118 valence electrons. The lowest BCUT2D eigenvalue weighted by atomic mass is 9.87. The fraction of sp³-hybridized carbons (Fsp3) is 0.467. The summed E-state index contributed by atoms with van der Waals surface area (Å²) in [6, 6.07) is 7.35. The molecule has 2 aromatic rings. The van der Waals surface area contributed by atoms with Crippen LogP contribution in [0.4, 0.5) is 4.39 Å². The van der Waals surface area contributed by atoms with Crippen LogP contribution in [-0.4, -0.2) is 38.8 Å². The number of nitrogens with zero attached hydrogens (tertiary/aromatic N) is 2. The molecule has 22 heavy (non-hydrogen) atoms. The molecule has 0 unspecified atom stereocenters. The number of alkyl halides is 1. The van der Waals surface area contributed by atoms with Gasteiger partial charge in [-0.1, -0.05) is 23.7 Å². The van der Waals surface area contributed by atoms with Gasteiger partial charge in [0.15, 0.2) is 0 Å². The molecular formula is C15H18ClFN4O. The number of likely N-dealkylation sites (tertiary alicyclic amines) is 1. The molecule has 2 N–H and O–H groups in total. The van der Waals surface area contributed by atoms with Crippen molar-refractivity contribution in [1.29, 1.82) is 0 Å². The molecule has 1 aliphatic rings. The number of nitrogens with one attached hydrogen (secondary N) is 2. The predicted molar refractivity (Wildman–Crippen MR) is 82.7 cm³/mol. The smallest absolute Gasteiger partial charge is 0.296 e. The van der Waals surface area contributed by atoms with Crippen LogP contribution in [0.25, 0.3) is 0 Å². The van der Waals surface area contributed by atoms with Gasteiger partial charge in [0.05, 0.1) is 6.54 Å². The topological polar surface area (TPSA) is 64.8 Å². The van der Waals surface area contributed by atoms with Gasteiger partial charge in [-0.05, 0) is 30.5 Å². The fourth-order valence-corrected chi connectivity index (χ4v) is 2.97. The summed E-state index contributed by atoms with van der Waals surface area (Å²) in [5, 5.41) is 6.89. The Hall–Kier alpha value is -1.66. The summed E-state index contributed by atoms with van der Waals surface area (Å²) in [6.45, 7) is 1.84. The Bertz CT molecular complexity index is 673. The number of H-pyrrole nitrogens is 2. The van der Waals surface area contributed by atoms with E-state index in [0.29, 0.717) is 49.7 Å². The number of aromatic amines is 2. The van der Waals surface area contributed by atoms with Gasteiger partial charge >= 0.3 is 5.69 Å². The summed E-state index contributed by atoms with van der Waals surface area (Å²) in [4.78, 5) is 15.7. The van der Waals surface area contributed by atoms with E-state index in [9.17, 15) is 9.18 Å². The van der Waals surface area contributed by atoms with E-state index >= 15 is 0 Å². The number of hydrogen-bond acceptors (Lipinski definition) is 3. The van der Waals surface area contributed by atoms with Gasteiger partial charge in [-0.3, -0.25) is 9.88 Å². The van der Waals surface area contributed by atoms with Crippen LogP contribution in [0.2, 0.25) is 5.02 Å². The van der Waals surface area contributed by atoms with Crippen LogP contribution in [0.5, 0.6) is 0 Å². The van der Waals surface area contributed by atoms with Crippen LogP contribution in [0, 0.1) is 0 Å². The third kappa shape index (κ3) is 3.75. The Labute approximate surface area is 132 Å². The summed E-state index contributed by atoms with van der Waals surface area (Å²) in [6.07, 6.45) is 1.37. The van der Waals surface area contributed by atoms with Crippen molar-refractivity contribution in [2.24, 2.45) is 0 Å². The molecule has 0 radical (unpaired) electrons. The number of benzene rings is 1. The van der Waals surface area contributed by atoms with Crippen molar-refractivity contribution in [3.05, 3.63) is 51.2 Å². The maximum atomic E-state index is 14.9. The van der Waals surface area contributed by atoms with Gasteiger partial charge in [-0.2, -0.15) is 5.10 Å². The lowest BCUT2D eigenvalue weighted by molar-refractivity contribution is 0.0541. The zero-order chi connectivity index (χ0) is 15.6. The average Bonchev–Trinajstić information content (AvgIpc) is 2.90. The van der Waals surface area contributed by atoms with Crippen LogP contribution in [0.15, 0.2) is 29.1 Å². The van der Waals surface area contributed by atoms with Crippen molar-refractivity contribution in [3.8, 4) is 0 Å². The van der Waals surface area contributed by atoms with E-state index in [1.54, 1.807) is 12.1 Å². The van der Waals surface area contributed by atoms with Gasteiger partial charge in [-0.15, -0.1) is 0 Å². The number of halogens is 2. The van der Waals surface area contributed by atoms with E-state index in [-0.39, 0.29) is 5.69 Å². The number of piperidine rings is 1. The summed E-state index contributed by atoms with van der Waals surface area (Å²) in [5.41, 5.74) is -0.518. The Kier molecular flexibility index (Phi) is 4.31. The molecule has 0 amide bonds. The summed E-state index contributed by atoms with van der Waals surface area (Å²) >= 11 is 5.85. The van der Waals surface area contributed by atoms with Gasteiger partial charge in [0, 0.05) is 24.5 Å². The molecule has 7 heteroatoms. The van der Waals surface area contributed by atoms with Crippen molar-refractivity contribution in [2.75, 3.05) is 13.1 Å². The van der Waals surface area contributed by atoms with Crippen molar-refractivity contribution < 1.29 is 4.39 Å². The first-order chi connectivity index (χ1) is 10.5. The molecule has 0 aliphatic carbocycles. The highest BCUT2D eigenvalue weighted by atomic mass is 35.5. The van der Waals surface area contributed by atoms with Crippen LogP contribution < -0.4 is 5.69 Å². The molecule has 1 saturated heterocycles. The molecular weight excluding hydrogens is 307 g/mol. The number of hydrogen-bond donors (Lipinski definition) is 2. The quantitative estimate of drug-likeness (QED) is 0.907. The molecule has 1 aromatic heterocycles. The normalized spacial score (nSPS) is 18.5. The van der Waals surface area contributed by atoms with Crippen molar-refractivity contribution in [1.82, 2.24) is 20.1 Å². The fourth-order valence-electron chi connectivity index (χ4n) is 2.85. The molecule has 0 bridgehead atoms. The molecule has 0 atom stereocenters. The van der Waals surface area contributed by atoms with Crippen LogP contribution in [-0.2, 0) is 13.0 Å². The van der Waals surface area contributed by atoms with E-state index in [1.165, 1.54) is 0 Å². The maximum absolute atomic E-state index is 14.9. The van der Waals surface area contributed by atoms with Gasteiger partial charge in [-0.25, -0.2) is 14.3 Å². The van der Waals surface area contributed by atoms with E-state index < -0.39 is 5.67 Å². The Morgan fingerprint density at radius 1 is 1.27 bits per heavy atom. The van der Waals surface area contributed by atoms with E-state index in [2.05, 4.69) is 20.1 Å². The minimum Gasteiger partial charge on any atom is -0.296 e. The summed E-state index contributed by atoms with van der Waals surface area (Å²) in [7, 11) is 0. The van der Waals surface area contributed by atoms with Crippen LogP contribution >= 0.6 is 11.6 Å². The highest BCUT2D eigenvalue weighted by Gasteiger charge is 2.34. The molecule has 1 aliphatic heterocycles. The first-order valence-electron chi connectivity index (χ1n) is 7.32. The van der Waals surface area contributed by atoms with Crippen LogP contribution in [0.1, 0.15) is 24.2 Å². The first kappa shape index (κ1) is 15.2. The largest absolute Gasteiger partial charge is 0.340 e. The van der Waals surface area contributed by atoms with Crippen molar-refractivity contribution >= 4 is 11.6 Å². The summed E-state index contributed by atoms with van der Waals surface area (Å²) < 4.78 is 14.9. The molecule has 1 fully saturated rings. The van der Waals surface area contributed by atoms with Gasteiger partial charge in [0.2, 0.25) is 0 Å². The highest BCUT2D eigenvalue weighted by Crippen LogP contribution is 2.31. The van der Waals surface area contributed by atoms with E-state index in [4.69, 9.17) is 11.6 Å². The molecule has 3 rings (SSSR count). The van der Waals surface area contributed by atoms with Gasteiger partial charge in [0.25, 0.3) is 0 Å². The molecule has 1 aromatic carbocycles. The lowest BCUT2D eigenvalue weighted by Crippen LogP contribution is -2.42. The predicted octanol–water partition coefficient (Wildman–Crippen LogP) is 2.30. The average molecular weight is 325 g/mol. The van der Waals surface area contributed by atoms with Crippen LogP contribution in [0.3, 0.4) is 0 Å². The molecule has 2 heterocycles. The van der Waals surface area contributed by atoms with E-state index in [0.717, 1.165) is 5.56 Å². The number of rotatable bonds is 4. The van der Waals surface area contributed by atoms with E-state index in [1.807, 2.05) is 12.1 Å². The second-order valence-electron chi connectivity index (χ2n) is 5.85. The molecule has 0 saturated carbocycles. The highest BCUT2D eigenvalue weighted by molar-refractivity contribution is 6.30. The molecule has 0 spiro atoms. The maximum Gasteiger partial charge on any atom is 0.340 e. The van der Waals surface area contributed by atoms with Gasteiger partial charge in [0.1, 0.15) is 11.5 Å². The minimum absolute atomic E-state index is 0.311. The minimum atomic E-state index is -1.18. The lowest BCUT2D eigenvalue weighted by Gasteiger charge is -2.36. The van der Waals surface area contributed by atoms with Crippen molar-refractivity contribution in [3.63, 3.8) is 0 Å². The standard InChI is InChI=1S/C15H18ClFN4O/c16-12-3-1-11(2-4-12)9-15(17)5-7-21(8-6-15)10-13-18-14(22)20-19-13/h1-4H,5-10H2,(H2,18,19,20,22). The monoisotopic (exact) mass is 324 g/mol. The third-order valence-corrected chi connectivity index (χ3v) is 4.36. The summed E-state index contributed by atoms with van der Waals surface area (Å²) in [5.74, 6) is 0.592. The first-order valence-corrected chi connectivity index (χ1v) is 7.70. The molecule has 5 nitrogen and oxygen atoms in total. The SMILES string of the molecule is O=c1[nH]nc(CN2CCC(F)(Cc3ccc(Cl)cc3)CC2)[nH]1. The number of aromatic nitrogens is 3. The Balaban J connectivity index is 1.55. The second-order valence-corrected chi connectivity index (χ2v) is 6.29. The zero-order valence-electron chi connectivity index (χ0n) is 12.1. The van der Waals surface area contributed by atoms with Crippen molar-refractivity contribution in [2.45, 2.75) is 31.5 Å². The second kappa shape index (κ2) is 6.22. The zero-order valence-corrected chi connectivity index (χ0v) is 12.9.